The van der Waals surface area contributed by atoms with Crippen molar-refractivity contribution in [2.45, 2.75) is 26.8 Å². The van der Waals surface area contributed by atoms with Gasteiger partial charge in [0.05, 0.1) is 24.3 Å². The summed E-state index contributed by atoms with van der Waals surface area (Å²) < 4.78 is 5.36. The van der Waals surface area contributed by atoms with E-state index in [-0.39, 0.29) is 17.7 Å². The summed E-state index contributed by atoms with van der Waals surface area (Å²) in [6.07, 6.45) is 0. The van der Waals surface area contributed by atoms with Gasteiger partial charge in [-0.15, -0.1) is 0 Å². The third-order valence-corrected chi connectivity index (χ3v) is 4.05. The molecule has 0 aromatic heterocycles. The highest BCUT2D eigenvalue weighted by atomic mass is 16.5. The summed E-state index contributed by atoms with van der Waals surface area (Å²) in [5.41, 5.74) is 6.98. The topological polar surface area (TPSA) is 75.8 Å². The molecule has 0 saturated carbocycles. The van der Waals surface area contributed by atoms with Gasteiger partial charge in [0, 0.05) is 18.7 Å². The van der Waals surface area contributed by atoms with Crippen molar-refractivity contribution in [1.82, 2.24) is 0 Å². The molecule has 2 unspecified atom stereocenters. The van der Waals surface area contributed by atoms with Crippen LogP contribution in [0, 0.1) is 12.3 Å². The molecule has 110 valence electrons. The van der Waals surface area contributed by atoms with E-state index in [1.165, 1.54) is 0 Å². The van der Waals surface area contributed by atoms with Crippen molar-refractivity contribution in [1.29, 1.82) is 0 Å². The van der Waals surface area contributed by atoms with Gasteiger partial charge in [-0.1, -0.05) is 6.07 Å². The molecule has 1 amide bonds. The molecule has 0 aliphatic carbocycles. The Morgan fingerprint density at radius 2 is 2.30 bits per heavy atom. The van der Waals surface area contributed by atoms with E-state index in [9.17, 15) is 9.90 Å². The van der Waals surface area contributed by atoms with Crippen LogP contribution in [0.2, 0.25) is 0 Å². The Labute approximate surface area is 119 Å². The normalized spacial score (nSPS) is 25.7. The minimum atomic E-state index is -0.714. The number of rotatable bonds is 3. The molecular formula is C15H22N2O3. The molecule has 5 heteroatoms. The Hall–Kier alpha value is -1.59. The Bertz CT molecular complexity index is 518. The molecule has 0 radical (unpaired) electrons. The predicted molar refractivity (Wildman–Crippen MR) is 77.8 cm³/mol. The average molecular weight is 278 g/mol. The molecule has 0 spiro atoms. The Morgan fingerprint density at radius 1 is 1.60 bits per heavy atom. The lowest BCUT2D eigenvalue weighted by molar-refractivity contribution is -0.127. The minimum absolute atomic E-state index is 0.0568. The standard InChI is InChI=1S/C15H22N2O3/c1-4-17(12-7-11(18)6-5-10(12)2)14(19)15(3)9-20-8-13(15)16/h5-7,13,18H,4,8-9,16H2,1-3H3. The highest BCUT2D eigenvalue weighted by Gasteiger charge is 2.46. The monoisotopic (exact) mass is 278 g/mol. The van der Waals surface area contributed by atoms with E-state index < -0.39 is 5.41 Å². The second-order valence-electron chi connectivity index (χ2n) is 5.56. The zero-order valence-corrected chi connectivity index (χ0v) is 12.2. The first-order chi connectivity index (χ1) is 9.40. The number of carbonyl (C=O) groups excluding carboxylic acids is 1. The van der Waals surface area contributed by atoms with Gasteiger partial charge in [0.2, 0.25) is 5.91 Å². The summed E-state index contributed by atoms with van der Waals surface area (Å²) in [6, 6.07) is 4.72. The number of benzene rings is 1. The molecule has 1 aliphatic rings. The van der Waals surface area contributed by atoms with Gasteiger partial charge in [-0.25, -0.2) is 0 Å². The number of aromatic hydroxyl groups is 1. The van der Waals surface area contributed by atoms with Crippen LogP contribution in [-0.2, 0) is 9.53 Å². The first-order valence-electron chi connectivity index (χ1n) is 6.85. The molecule has 1 heterocycles. The minimum Gasteiger partial charge on any atom is -0.508 e. The maximum absolute atomic E-state index is 12.9. The largest absolute Gasteiger partial charge is 0.508 e. The van der Waals surface area contributed by atoms with Crippen LogP contribution in [0.1, 0.15) is 19.4 Å². The van der Waals surface area contributed by atoms with Crippen molar-refractivity contribution in [2.24, 2.45) is 11.1 Å². The van der Waals surface area contributed by atoms with Gasteiger partial charge in [-0.3, -0.25) is 4.79 Å². The van der Waals surface area contributed by atoms with E-state index >= 15 is 0 Å². The van der Waals surface area contributed by atoms with Gasteiger partial charge in [0.25, 0.3) is 0 Å². The first kappa shape index (κ1) is 14.8. The average Bonchev–Trinajstić information content (AvgIpc) is 2.76. The zero-order chi connectivity index (χ0) is 14.9. The van der Waals surface area contributed by atoms with Gasteiger partial charge >= 0.3 is 0 Å². The van der Waals surface area contributed by atoms with Crippen LogP contribution in [0.5, 0.6) is 5.75 Å². The van der Waals surface area contributed by atoms with Crippen LogP contribution in [0.3, 0.4) is 0 Å². The van der Waals surface area contributed by atoms with Crippen molar-refractivity contribution in [3.8, 4) is 5.75 Å². The van der Waals surface area contributed by atoms with Crippen LogP contribution in [0.4, 0.5) is 5.69 Å². The lowest BCUT2D eigenvalue weighted by atomic mass is 9.84. The summed E-state index contributed by atoms with van der Waals surface area (Å²) in [5, 5.41) is 9.66. The number of anilines is 1. The number of nitrogens with zero attached hydrogens (tertiary/aromatic N) is 1. The van der Waals surface area contributed by atoms with Gasteiger partial charge in [-0.05, 0) is 32.4 Å². The summed E-state index contributed by atoms with van der Waals surface area (Å²) in [6.45, 7) is 6.92. The van der Waals surface area contributed by atoms with Crippen LogP contribution < -0.4 is 10.6 Å². The third kappa shape index (κ3) is 2.39. The number of amides is 1. The second-order valence-corrected chi connectivity index (χ2v) is 5.56. The fraction of sp³-hybridized carbons (Fsp3) is 0.533. The highest BCUT2D eigenvalue weighted by Crippen LogP contribution is 2.33. The van der Waals surface area contributed by atoms with E-state index in [0.29, 0.717) is 19.8 Å². The zero-order valence-electron chi connectivity index (χ0n) is 12.2. The van der Waals surface area contributed by atoms with E-state index in [1.54, 1.807) is 23.1 Å². The molecule has 1 aromatic rings. The number of nitrogens with two attached hydrogens (primary N) is 1. The molecule has 1 aliphatic heterocycles. The fourth-order valence-corrected chi connectivity index (χ4v) is 2.53. The smallest absolute Gasteiger partial charge is 0.236 e. The maximum Gasteiger partial charge on any atom is 0.236 e. The summed E-state index contributed by atoms with van der Waals surface area (Å²) >= 11 is 0. The van der Waals surface area contributed by atoms with Crippen LogP contribution in [-0.4, -0.2) is 36.8 Å². The number of carbonyl (C=O) groups is 1. The molecule has 0 bridgehead atoms. The number of phenols is 1. The SMILES string of the molecule is CCN(C(=O)C1(C)COCC1N)c1cc(O)ccc1C. The molecule has 3 N–H and O–H groups in total. The van der Waals surface area contributed by atoms with Crippen LogP contribution in [0.25, 0.3) is 0 Å². The lowest BCUT2D eigenvalue weighted by Gasteiger charge is -2.33. The van der Waals surface area contributed by atoms with Gasteiger partial charge < -0.3 is 20.5 Å². The Balaban J connectivity index is 2.37. The van der Waals surface area contributed by atoms with Gasteiger partial charge in [-0.2, -0.15) is 0 Å². The predicted octanol–water partition coefficient (Wildman–Crippen LogP) is 1.42. The van der Waals surface area contributed by atoms with Gasteiger partial charge in [0.1, 0.15) is 5.75 Å². The lowest BCUT2D eigenvalue weighted by Crippen LogP contribution is -2.51. The molecule has 2 atom stereocenters. The Kier molecular flexibility index (Phi) is 4.01. The Morgan fingerprint density at radius 3 is 2.85 bits per heavy atom. The van der Waals surface area contributed by atoms with E-state index in [4.69, 9.17) is 10.5 Å². The summed E-state index contributed by atoms with van der Waals surface area (Å²) in [5.74, 6) is 0.0904. The molecule has 1 saturated heterocycles. The number of ether oxygens (including phenoxy) is 1. The van der Waals surface area contributed by atoms with E-state index in [1.807, 2.05) is 20.8 Å². The molecular weight excluding hydrogens is 256 g/mol. The molecule has 1 aromatic carbocycles. The van der Waals surface area contributed by atoms with Crippen LogP contribution in [0.15, 0.2) is 18.2 Å². The summed E-state index contributed by atoms with van der Waals surface area (Å²) in [4.78, 5) is 14.5. The van der Waals surface area contributed by atoms with E-state index in [0.717, 1.165) is 11.3 Å². The molecule has 5 nitrogen and oxygen atoms in total. The highest BCUT2D eigenvalue weighted by molar-refractivity contribution is 5.99. The van der Waals surface area contributed by atoms with Crippen molar-refractivity contribution in [3.05, 3.63) is 23.8 Å². The number of aryl methyl sites for hydroxylation is 1. The van der Waals surface area contributed by atoms with Crippen molar-refractivity contribution in [3.63, 3.8) is 0 Å². The number of hydrogen-bond donors (Lipinski definition) is 2. The summed E-state index contributed by atoms with van der Waals surface area (Å²) in [7, 11) is 0. The molecule has 20 heavy (non-hydrogen) atoms. The van der Waals surface area contributed by atoms with E-state index in [2.05, 4.69) is 0 Å². The first-order valence-corrected chi connectivity index (χ1v) is 6.85. The van der Waals surface area contributed by atoms with Crippen molar-refractivity contribution < 1.29 is 14.6 Å². The van der Waals surface area contributed by atoms with Crippen molar-refractivity contribution >= 4 is 11.6 Å². The maximum atomic E-state index is 12.9. The number of hydrogen-bond acceptors (Lipinski definition) is 4. The second kappa shape index (κ2) is 5.42. The number of phenolic OH excluding ortho intramolecular Hbond substituents is 1. The quantitative estimate of drug-likeness (QED) is 0.876. The molecule has 2 rings (SSSR count). The van der Waals surface area contributed by atoms with Gasteiger partial charge in [0.15, 0.2) is 0 Å². The third-order valence-electron chi connectivity index (χ3n) is 4.05. The fourth-order valence-electron chi connectivity index (χ4n) is 2.53. The molecule has 1 fully saturated rings. The van der Waals surface area contributed by atoms with Crippen molar-refractivity contribution in [2.75, 3.05) is 24.7 Å². The van der Waals surface area contributed by atoms with Crippen LogP contribution >= 0.6 is 0 Å².